The van der Waals surface area contributed by atoms with Crippen molar-refractivity contribution in [3.63, 3.8) is 0 Å². The highest BCUT2D eigenvalue weighted by Gasteiger charge is 2.18. The minimum absolute atomic E-state index is 0.100. The molecule has 0 aliphatic heterocycles. The molecule has 2 rings (SSSR count). The number of anilines is 1. The highest BCUT2D eigenvalue weighted by Crippen LogP contribution is 2.28. The quantitative estimate of drug-likeness (QED) is 0.363. The van der Waals surface area contributed by atoms with Crippen LogP contribution in [0.4, 0.5) is 5.69 Å². The minimum atomic E-state index is -3.82. The Hall–Kier alpha value is -2.82. The van der Waals surface area contributed by atoms with E-state index in [1.165, 1.54) is 12.1 Å². The summed E-state index contributed by atoms with van der Waals surface area (Å²) in [5.74, 6) is 0.0206. The van der Waals surface area contributed by atoms with E-state index >= 15 is 0 Å². The molecule has 9 nitrogen and oxygen atoms in total. The predicted octanol–water partition coefficient (Wildman–Crippen LogP) is 2.76. The molecule has 2 aromatic rings. The molecular weight excluding hydrogens is 436 g/mol. The third-order valence-corrected chi connectivity index (χ3v) is 6.13. The Balaban J connectivity index is 2.06. The summed E-state index contributed by atoms with van der Waals surface area (Å²) in [5, 5.41) is 12.6. The third-order valence-electron chi connectivity index (χ3n) is 4.67. The van der Waals surface area contributed by atoms with Crippen molar-refractivity contribution >= 4 is 21.7 Å². The van der Waals surface area contributed by atoms with Crippen LogP contribution in [0, 0.1) is 0 Å². The number of carbonyl (C=O) groups is 1. The maximum absolute atomic E-state index is 12.5. The molecule has 32 heavy (non-hydrogen) atoms. The van der Waals surface area contributed by atoms with Gasteiger partial charge in [-0.15, -0.1) is 0 Å². The van der Waals surface area contributed by atoms with Crippen LogP contribution in [0.3, 0.4) is 0 Å². The van der Waals surface area contributed by atoms with Crippen LogP contribution in [-0.2, 0) is 21.2 Å². The summed E-state index contributed by atoms with van der Waals surface area (Å²) >= 11 is 0. The Morgan fingerprint density at radius 3 is 2.44 bits per heavy atom. The van der Waals surface area contributed by atoms with E-state index in [1.807, 2.05) is 19.1 Å². The van der Waals surface area contributed by atoms with E-state index in [2.05, 4.69) is 10.0 Å². The SMILES string of the molecule is CCOCCCNS(=O)(=O)c1ccc(NCCc2ccc(OC)c(OC)c2)c(C(=O)O)c1. The molecule has 2 aromatic carbocycles. The van der Waals surface area contributed by atoms with Gasteiger partial charge < -0.3 is 24.6 Å². The van der Waals surface area contributed by atoms with Crippen molar-refractivity contribution in [1.82, 2.24) is 4.72 Å². The van der Waals surface area contributed by atoms with Gasteiger partial charge in [0.15, 0.2) is 11.5 Å². The number of ether oxygens (including phenoxy) is 3. The van der Waals surface area contributed by atoms with E-state index in [-0.39, 0.29) is 17.0 Å². The first-order chi connectivity index (χ1) is 15.3. The van der Waals surface area contributed by atoms with Gasteiger partial charge in [-0.05, 0) is 55.7 Å². The Morgan fingerprint density at radius 1 is 1.03 bits per heavy atom. The van der Waals surface area contributed by atoms with Gasteiger partial charge in [0.2, 0.25) is 10.0 Å². The van der Waals surface area contributed by atoms with E-state index in [0.29, 0.717) is 49.8 Å². The van der Waals surface area contributed by atoms with Gasteiger partial charge in [0.25, 0.3) is 0 Å². The van der Waals surface area contributed by atoms with E-state index in [1.54, 1.807) is 20.3 Å². The minimum Gasteiger partial charge on any atom is -0.493 e. The molecular formula is C22H30N2O7S. The number of nitrogens with one attached hydrogen (secondary N) is 2. The van der Waals surface area contributed by atoms with E-state index in [9.17, 15) is 18.3 Å². The predicted molar refractivity (Wildman–Crippen MR) is 121 cm³/mol. The molecule has 0 amide bonds. The summed E-state index contributed by atoms with van der Waals surface area (Å²) in [7, 11) is -0.700. The lowest BCUT2D eigenvalue weighted by Crippen LogP contribution is -2.26. The summed E-state index contributed by atoms with van der Waals surface area (Å²) in [4.78, 5) is 11.6. The normalized spacial score (nSPS) is 11.2. The fraction of sp³-hybridized carbons (Fsp3) is 0.409. The lowest BCUT2D eigenvalue weighted by molar-refractivity contribution is 0.0697. The number of benzene rings is 2. The lowest BCUT2D eigenvalue weighted by Gasteiger charge is -2.13. The van der Waals surface area contributed by atoms with E-state index < -0.39 is 16.0 Å². The van der Waals surface area contributed by atoms with Gasteiger partial charge in [0, 0.05) is 32.0 Å². The van der Waals surface area contributed by atoms with Crippen molar-refractivity contribution in [3.8, 4) is 11.5 Å². The summed E-state index contributed by atoms with van der Waals surface area (Å²) in [6.45, 7) is 3.52. The van der Waals surface area contributed by atoms with Gasteiger partial charge in [0.1, 0.15) is 0 Å². The zero-order valence-electron chi connectivity index (χ0n) is 18.5. The van der Waals surface area contributed by atoms with E-state index in [0.717, 1.165) is 11.6 Å². The molecule has 0 aliphatic rings. The molecule has 0 fully saturated rings. The number of rotatable bonds is 14. The fourth-order valence-electron chi connectivity index (χ4n) is 3.01. The Bertz CT molecular complexity index is 1010. The average molecular weight is 467 g/mol. The number of carboxylic acids is 1. The summed E-state index contributed by atoms with van der Waals surface area (Å²) in [6.07, 6.45) is 1.12. The third kappa shape index (κ3) is 7.11. The molecule has 0 atom stereocenters. The summed E-state index contributed by atoms with van der Waals surface area (Å²) in [6, 6.07) is 9.56. The van der Waals surface area contributed by atoms with Crippen LogP contribution in [0.1, 0.15) is 29.3 Å². The van der Waals surface area contributed by atoms with Crippen molar-refractivity contribution in [1.29, 1.82) is 0 Å². The summed E-state index contributed by atoms with van der Waals surface area (Å²) in [5.41, 5.74) is 1.20. The molecule has 0 heterocycles. The Labute approximate surface area is 188 Å². The molecule has 10 heteroatoms. The smallest absolute Gasteiger partial charge is 0.337 e. The zero-order chi connectivity index (χ0) is 23.6. The first-order valence-electron chi connectivity index (χ1n) is 10.2. The molecule has 0 spiro atoms. The van der Waals surface area contributed by atoms with Gasteiger partial charge in [-0.3, -0.25) is 0 Å². The monoisotopic (exact) mass is 466 g/mol. The number of sulfonamides is 1. The number of hydrogen-bond acceptors (Lipinski definition) is 7. The molecule has 3 N–H and O–H groups in total. The second-order valence-corrected chi connectivity index (χ2v) is 8.59. The molecule has 0 aliphatic carbocycles. The second kappa shape index (κ2) is 12.3. The maximum atomic E-state index is 12.5. The van der Waals surface area contributed by atoms with Crippen LogP contribution in [0.5, 0.6) is 11.5 Å². The van der Waals surface area contributed by atoms with E-state index in [4.69, 9.17) is 14.2 Å². The number of carboxylic acid groups (broad SMARTS) is 1. The molecule has 0 aromatic heterocycles. The van der Waals surface area contributed by atoms with Gasteiger partial charge in [-0.1, -0.05) is 6.07 Å². The Kier molecular flexibility index (Phi) is 9.76. The molecule has 0 radical (unpaired) electrons. The first-order valence-corrected chi connectivity index (χ1v) is 11.7. The van der Waals surface area contributed by atoms with Crippen LogP contribution < -0.4 is 19.5 Å². The number of hydrogen-bond donors (Lipinski definition) is 3. The first kappa shape index (κ1) is 25.4. The van der Waals surface area contributed by atoms with Crippen molar-refractivity contribution in [3.05, 3.63) is 47.5 Å². The van der Waals surface area contributed by atoms with Gasteiger partial charge in [0.05, 0.1) is 24.7 Å². The highest BCUT2D eigenvalue weighted by molar-refractivity contribution is 7.89. The van der Waals surface area contributed by atoms with Crippen molar-refractivity contribution in [2.45, 2.75) is 24.7 Å². The van der Waals surface area contributed by atoms with Crippen LogP contribution >= 0.6 is 0 Å². The van der Waals surface area contributed by atoms with Gasteiger partial charge in [-0.2, -0.15) is 0 Å². The zero-order valence-corrected chi connectivity index (χ0v) is 19.3. The van der Waals surface area contributed by atoms with Crippen LogP contribution in [-0.4, -0.2) is 60.0 Å². The molecule has 176 valence electrons. The molecule has 0 bridgehead atoms. The van der Waals surface area contributed by atoms with Crippen molar-refractivity contribution in [2.24, 2.45) is 0 Å². The van der Waals surface area contributed by atoms with Crippen LogP contribution in [0.2, 0.25) is 0 Å². The topological polar surface area (TPSA) is 123 Å². The van der Waals surface area contributed by atoms with Gasteiger partial charge in [-0.25, -0.2) is 17.9 Å². The molecule has 0 unspecified atom stereocenters. The maximum Gasteiger partial charge on any atom is 0.337 e. The Morgan fingerprint density at radius 2 is 1.78 bits per heavy atom. The average Bonchev–Trinajstić information content (AvgIpc) is 2.78. The van der Waals surface area contributed by atoms with Crippen molar-refractivity contribution < 1.29 is 32.5 Å². The number of aromatic carboxylic acids is 1. The standard InChI is InChI=1S/C22H30N2O7S/c1-4-31-13-5-11-24-32(27,28)17-7-8-19(18(15-17)22(25)26)23-12-10-16-6-9-20(29-2)21(14-16)30-3/h6-9,14-15,23-24H,4-5,10-13H2,1-3H3,(H,25,26). The van der Waals surface area contributed by atoms with Gasteiger partial charge >= 0.3 is 5.97 Å². The van der Waals surface area contributed by atoms with Crippen LogP contribution in [0.25, 0.3) is 0 Å². The highest BCUT2D eigenvalue weighted by atomic mass is 32.2. The molecule has 0 saturated carbocycles. The fourth-order valence-corrected chi connectivity index (χ4v) is 4.11. The molecule has 0 saturated heterocycles. The second-order valence-electron chi connectivity index (χ2n) is 6.83. The lowest BCUT2D eigenvalue weighted by atomic mass is 10.1. The van der Waals surface area contributed by atoms with Crippen molar-refractivity contribution in [2.75, 3.05) is 45.8 Å². The summed E-state index contributed by atoms with van der Waals surface area (Å²) < 4.78 is 43.1. The van der Waals surface area contributed by atoms with Crippen LogP contribution in [0.15, 0.2) is 41.3 Å². The number of methoxy groups -OCH3 is 2. The largest absolute Gasteiger partial charge is 0.493 e.